The van der Waals surface area contributed by atoms with Crippen LogP contribution in [-0.2, 0) is 26.1 Å². The molecule has 0 saturated heterocycles. The van der Waals surface area contributed by atoms with Crippen molar-refractivity contribution in [2.75, 3.05) is 18.5 Å². The van der Waals surface area contributed by atoms with E-state index < -0.39 is 22.0 Å². The van der Waals surface area contributed by atoms with E-state index >= 15 is 0 Å². The molecule has 162 valence electrons. The van der Waals surface area contributed by atoms with Gasteiger partial charge in [-0.15, -0.1) is 0 Å². The molecule has 9 heteroatoms. The average Bonchev–Trinajstić information content (AvgIpc) is 3.26. The second kappa shape index (κ2) is 9.05. The summed E-state index contributed by atoms with van der Waals surface area (Å²) >= 11 is 0. The molecule has 3 rings (SSSR count). The molecule has 0 amide bonds. The fraction of sp³-hybridized carbons (Fsp3) is 0.182. The monoisotopic (exact) mass is 443 g/mol. The molecule has 2 aromatic carbocycles. The van der Waals surface area contributed by atoms with Crippen LogP contribution in [0.5, 0.6) is 0 Å². The van der Waals surface area contributed by atoms with Crippen LogP contribution in [0, 0.1) is 6.92 Å². The molecule has 0 spiro atoms. The summed E-state index contributed by atoms with van der Waals surface area (Å²) in [5.74, 6) is -1.14. The van der Waals surface area contributed by atoms with Crippen LogP contribution in [0.2, 0.25) is 0 Å². The lowest BCUT2D eigenvalue weighted by Crippen LogP contribution is -2.26. The zero-order chi connectivity index (χ0) is 22.6. The Bertz CT molecular complexity index is 1200. The number of sulfonamides is 1. The summed E-state index contributed by atoms with van der Waals surface area (Å²) in [5, 5.41) is 0. The van der Waals surface area contributed by atoms with Gasteiger partial charge in [-0.2, -0.15) is 0 Å². The second-order valence-corrected chi connectivity index (χ2v) is 8.64. The lowest BCUT2D eigenvalue weighted by Gasteiger charge is -2.20. The summed E-state index contributed by atoms with van der Waals surface area (Å²) in [4.78, 5) is 23.8. The number of aryl methyl sites for hydroxylation is 1. The number of rotatable bonds is 7. The molecule has 0 aliphatic rings. The van der Waals surface area contributed by atoms with Crippen molar-refractivity contribution < 1.29 is 31.9 Å². The summed E-state index contributed by atoms with van der Waals surface area (Å²) in [6.45, 7) is 1.68. The first-order valence-electron chi connectivity index (χ1n) is 9.22. The number of hydrogen-bond donors (Lipinski definition) is 0. The van der Waals surface area contributed by atoms with Crippen molar-refractivity contribution in [2.45, 2.75) is 18.4 Å². The lowest BCUT2D eigenvalue weighted by atomic mass is 10.2. The highest BCUT2D eigenvalue weighted by Crippen LogP contribution is 2.23. The Morgan fingerprint density at radius 2 is 1.71 bits per heavy atom. The van der Waals surface area contributed by atoms with Gasteiger partial charge >= 0.3 is 11.9 Å². The van der Waals surface area contributed by atoms with E-state index in [4.69, 9.17) is 9.15 Å². The van der Waals surface area contributed by atoms with Gasteiger partial charge in [0.1, 0.15) is 12.4 Å². The molecule has 0 N–H and O–H groups in total. The first-order valence-corrected chi connectivity index (χ1v) is 10.7. The molecule has 0 aliphatic carbocycles. The lowest BCUT2D eigenvalue weighted by molar-refractivity contribution is 0.0438. The van der Waals surface area contributed by atoms with Crippen LogP contribution in [0.3, 0.4) is 0 Å². The van der Waals surface area contributed by atoms with Crippen molar-refractivity contribution in [1.82, 2.24) is 0 Å². The number of anilines is 1. The predicted octanol–water partition coefficient (Wildman–Crippen LogP) is 3.56. The third-order valence-electron chi connectivity index (χ3n) is 4.52. The number of carbonyl (C=O) groups excluding carboxylic acids is 2. The number of nitrogens with zero attached hydrogens (tertiary/aromatic N) is 1. The molecular weight excluding hydrogens is 422 g/mol. The number of carbonyl (C=O) groups is 2. The number of ether oxygens (including phenoxy) is 2. The minimum atomic E-state index is -3.88. The summed E-state index contributed by atoms with van der Waals surface area (Å²) < 4.78 is 42.1. The van der Waals surface area contributed by atoms with Gasteiger partial charge in [0.25, 0.3) is 10.0 Å². The smallest absolute Gasteiger partial charge is 0.373 e. The molecule has 31 heavy (non-hydrogen) atoms. The second-order valence-electron chi connectivity index (χ2n) is 6.67. The highest BCUT2D eigenvalue weighted by Gasteiger charge is 2.23. The van der Waals surface area contributed by atoms with Gasteiger partial charge in [-0.1, -0.05) is 23.8 Å². The molecule has 0 unspecified atom stereocenters. The van der Waals surface area contributed by atoms with Crippen molar-refractivity contribution in [3.63, 3.8) is 0 Å². The van der Waals surface area contributed by atoms with E-state index in [9.17, 15) is 18.0 Å². The van der Waals surface area contributed by atoms with E-state index in [0.717, 1.165) is 9.87 Å². The Morgan fingerprint density at radius 3 is 2.39 bits per heavy atom. The molecule has 8 nitrogen and oxygen atoms in total. The fourth-order valence-electron chi connectivity index (χ4n) is 2.72. The largest absolute Gasteiger partial charge is 0.463 e. The van der Waals surface area contributed by atoms with E-state index in [0.29, 0.717) is 5.69 Å². The molecular formula is C22H21NO7S. The van der Waals surface area contributed by atoms with Crippen LogP contribution in [0.25, 0.3) is 0 Å². The first kappa shape index (κ1) is 22.1. The third-order valence-corrected chi connectivity index (χ3v) is 6.30. The van der Waals surface area contributed by atoms with E-state index in [-0.39, 0.29) is 28.6 Å². The molecule has 0 aliphatic heterocycles. The van der Waals surface area contributed by atoms with Gasteiger partial charge in [0.05, 0.1) is 23.3 Å². The zero-order valence-electron chi connectivity index (χ0n) is 17.2. The topological polar surface area (TPSA) is 103 Å². The van der Waals surface area contributed by atoms with Crippen LogP contribution in [0.4, 0.5) is 5.69 Å². The number of methoxy groups -OCH3 is 1. The standard InChI is InChI=1S/C22H21NO7S/c1-15-7-9-17(10-8-15)23(2)31(26,27)19-6-4-5-16(13-19)21(24)29-14-18-11-12-20(30-18)22(25)28-3/h4-13H,14H2,1-3H3. The van der Waals surface area contributed by atoms with Crippen molar-refractivity contribution in [3.05, 3.63) is 83.3 Å². The van der Waals surface area contributed by atoms with Gasteiger partial charge in [0.15, 0.2) is 0 Å². The van der Waals surface area contributed by atoms with Gasteiger partial charge in [-0.25, -0.2) is 18.0 Å². The van der Waals surface area contributed by atoms with Crippen molar-refractivity contribution in [3.8, 4) is 0 Å². The minimum Gasteiger partial charge on any atom is -0.463 e. The normalized spacial score (nSPS) is 11.1. The van der Waals surface area contributed by atoms with E-state index in [2.05, 4.69) is 4.74 Å². The Balaban J connectivity index is 1.74. The zero-order valence-corrected chi connectivity index (χ0v) is 18.0. The van der Waals surface area contributed by atoms with E-state index in [1.54, 1.807) is 12.1 Å². The van der Waals surface area contributed by atoms with Gasteiger partial charge in [0.2, 0.25) is 5.76 Å². The first-order chi connectivity index (χ1) is 14.7. The maximum absolute atomic E-state index is 13.0. The van der Waals surface area contributed by atoms with Crippen LogP contribution in [-0.4, -0.2) is 34.5 Å². The molecule has 0 fully saturated rings. The number of hydrogen-bond acceptors (Lipinski definition) is 7. The van der Waals surface area contributed by atoms with Crippen LogP contribution < -0.4 is 4.31 Å². The van der Waals surface area contributed by atoms with Crippen molar-refractivity contribution in [1.29, 1.82) is 0 Å². The maximum Gasteiger partial charge on any atom is 0.373 e. The molecule has 0 radical (unpaired) electrons. The van der Waals surface area contributed by atoms with Gasteiger partial charge < -0.3 is 13.9 Å². The number of benzene rings is 2. The van der Waals surface area contributed by atoms with E-state index in [1.807, 2.05) is 19.1 Å². The number of esters is 2. The SMILES string of the molecule is COC(=O)c1ccc(COC(=O)c2cccc(S(=O)(=O)N(C)c3ccc(C)cc3)c2)o1. The predicted molar refractivity (Wildman–Crippen MR) is 112 cm³/mol. The Hall–Kier alpha value is -3.59. The molecule has 3 aromatic rings. The molecule has 1 aromatic heterocycles. The Kier molecular flexibility index (Phi) is 6.45. The molecule has 0 bridgehead atoms. The van der Waals surface area contributed by atoms with Gasteiger partial charge in [-0.3, -0.25) is 4.31 Å². The van der Waals surface area contributed by atoms with Crippen LogP contribution >= 0.6 is 0 Å². The van der Waals surface area contributed by atoms with Crippen molar-refractivity contribution in [2.24, 2.45) is 0 Å². The Labute approximate surface area is 180 Å². The summed E-state index contributed by atoms with van der Waals surface area (Å²) in [7, 11) is -1.21. The highest BCUT2D eigenvalue weighted by atomic mass is 32.2. The summed E-state index contributed by atoms with van der Waals surface area (Å²) in [5.41, 5.74) is 1.57. The Morgan fingerprint density at radius 1 is 1.00 bits per heavy atom. The average molecular weight is 443 g/mol. The van der Waals surface area contributed by atoms with Crippen molar-refractivity contribution >= 4 is 27.6 Å². The molecule has 1 heterocycles. The highest BCUT2D eigenvalue weighted by molar-refractivity contribution is 7.92. The molecule has 0 atom stereocenters. The summed E-state index contributed by atoms with van der Waals surface area (Å²) in [6.07, 6.45) is 0. The quantitative estimate of drug-likeness (QED) is 0.514. The fourth-order valence-corrected chi connectivity index (χ4v) is 3.96. The van der Waals surface area contributed by atoms with E-state index in [1.165, 1.54) is 50.6 Å². The number of furan rings is 1. The minimum absolute atomic E-state index is 0.0132. The summed E-state index contributed by atoms with van der Waals surface area (Å²) in [6, 6.07) is 15.5. The van der Waals surface area contributed by atoms with Crippen LogP contribution in [0.15, 0.2) is 70.0 Å². The van der Waals surface area contributed by atoms with Crippen LogP contribution in [0.1, 0.15) is 32.2 Å². The van der Waals surface area contributed by atoms with Gasteiger partial charge in [-0.05, 0) is 49.4 Å². The third kappa shape index (κ3) is 4.95. The maximum atomic E-state index is 13.0. The van der Waals surface area contributed by atoms with Gasteiger partial charge in [0, 0.05) is 7.05 Å². The molecule has 0 saturated carbocycles.